The number of amides is 1. The van der Waals surface area contributed by atoms with Crippen LogP contribution in [0.15, 0.2) is 0 Å². The molecule has 1 saturated heterocycles. The van der Waals surface area contributed by atoms with Gasteiger partial charge in [0.25, 0.3) is 0 Å². The summed E-state index contributed by atoms with van der Waals surface area (Å²) in [6, 6.07) is 0. The van der Waals surface area contributed by atoms with Crippen LogP contribution in [0.4, 0.5) is 0 Å². The van der Waals surface area contributed by atoms with Gasteiger partial charge in [0.2, 0.25) is 5.91 Å². The molecule has 1 fully saturated rings. The van der Waals surface area contributed by atoms with E-state index in [0.29, 0.717) is 11.8 Å². The Balaban J connectivity index is 0.000000921. The maximum atomic E-state index is 11.6. The number of nitrogens with zero attached hydrogens (tertiary/aromatic N) is 1. The largest absolute Gasteiger partial charge is 0.342 e. The van der Waals surface area contributed by atoms with Crippen molar-refractivity contribution in [2.45, 2.75) is 59.8 Å². The van der Waals surface area contributed by atoms with E-state index in [4.69, 9.17) is 0 Å². The zero-order chi connectivity index (χ0) is 11.7. The standard InChI is InChI=1S/C11H21NO.C2H6/c1-3-4-7-11(13)12-8-5-6-10(2)9-12;1-2/h10H,3-9H2,1-2H3;1-2H3. The van der Waals surface area contributed by atoms with Crippen molar-refractivity contribution in [1.29, 1.82) is 0 Å². The first kappa shape index (κ1) is 14.5. The lowest BCUT2D eigenvalue weighted by atomic mass is 10.00. The summed E-state index contributed by atoms with van der Waals surface area (Å²) in [5, 5.41) is 0. The van der Waals surface area contributed by atoms with Gasteiger partial charge in [-0.3, -0.25) is 4.79 Å². The van der Waals surface area contributed by atoms with Gasteiger partial charge in [-0.15, -0.1) is 0 Å². The van der Waals surface area contributed by atoms with Gasteiger partial charge in [0.05, 0.1) is 0 Å². The van der Waals surface area contributed by atoms with Crippen molar-refractivity contribution in [3.8, 4) is 0 Å². The second-order valence-electron chi connectivity index (χ2n) is 4.19. The Morgan fingerprint density at radius 3 is 2.60 bits per heavy atom. The number of likely N-dealkylation sites (tertiary alicyclic amines) is 1. The van der Waals surface area contributed by atoms with Gasteiger partial charge in [0.1, 0.15) is 0 Å². The zero-order valence-corrected chi connectivity index (χ0v) is 10.9. The molecule has 1 aliphatic rings. The molecule has 1 unspecified atom stereocenters. The molecule has 2 nitrogen and oxygen atoms in total. The molecule has 0 radical (unpaired) electrons. The van der Waals surface area contributed by atoms with E-state index in [0.717, 1.165) is 32.4 Å². The maximum Gasteiger partial charge on any atom is 0.222 e. The normalized spacial score (nSPS) is 20.5. The van der Waals surface area contributed by atoms with Crippen molar-refractivity contribution in [2.24, 2.45) is 5.92 Å². The topological polar surface area (TPSA) is 20.3 Å². The number of hydrogen-bond acceptors (Lipinski definition) is 1. The van der Waals surface area contributed by atoms with E-state index in [1.165, 1.54) is 12.8 Å². The smallest absolute Gasteiger partial charge is 0.222 e. The fourth-order valence-corrected chi connectivity index (χ4v) is 1.90. The van der Waals surface area contributed by atoms with Gasteiger partial charge < -0.3 is 4.90 Å². The summed E-state index contributed by atoms with van der Waals surface area (Å²) in [6.45, 7) is 10.3. The van der Waals surface area contributed by atoms with Crippen LogP contribution in [-0.4, -0.2) is 23.9 Å². The summed E-state index contributed by atoms with van der Waals surface area (Å²) in [6.07, 6.45) is 5.40. The molecule has 0 spiro atoms. The molecule has 1 amide bonds. The molecule has 1 atom stereocenters. The predicted molar refractivity (Wildman–Crippen MR) is 65.9 cm³/mol. The van der Waals surface area contributed by atoms with Gasteiger partial charge in [0, 0.05) is 19.5 Å². The Morgan fingerprint density at radius 2 is 2.07 bits per heavy atom. The summed E-state index contributed by atoms with van der Waals surface area (Å²) in [5.74, 6) is 1.08. The summed E-state index contributed by atoms with van der Waals surface area (Å²) in [5.41, 5.74) is 0. The molecular weight excluding hydrogens is 186 g/mol. The molecule has 1 heterocycles. The molecule has 0 aliphatic carbocycles. The molecule has 15 heavy (non-hydrogen) atoms. The minimum Gasteiger partial charge on any atom is -0.342 e. The second kappa shape index (κ2) is 8.75. The van der Waals surface area contributed by atoms with Gasteiger partial charge in [-0.1, -0.05) is 34.1 Å². The molecule has 1 aliphatic heterocycles. The van der Waals surface area contributed by atoms with E-state index in [9.17, 15) is 4.79 Å². The van der Waals surface area contributed by atoms with Crippen molar-refractivity contribution in [2.75, 3.05) is 13.1 Å². The molecule has 0 aromatic carbocycles. The van der Waals surface area contributed by atoms with E-state index in [1.807, 2.05) is 18.7 Å². The van der Waals surface area contributed by atoms with Crippen LogP contribution in [-0.2, 0) is 4.79 Å². The Kier molecular flexibility index (Phi) is 8.44. The van der Waals surface area contributed by atoms with Crippen LogP contribution in [0.3, 0.4) is 0 Å². The van der Waals surface area contributed by atoms with Gasteiger partial charge in [-0.25, -0.2) is 0 Å². The Labute approximate surface area is 95.0 Å². The van der Waals surface area contributed by atoms with Gasteiger partial charge in [-0.2, -0.15) is 0 Å². The molecule has 2 heteroatoms. The molecule has 0 saturated carbocycles. The quantitative estimate of drug-likeness (QED) is 0.703. The highest BCUT2D eigenvalue weighted by Gasteiger charge is 2.19. The van der Waals surface area contributed by atoms with Crippen molar-refractivity contribution in [3.05, 3.63) is 0 Å². The number of rotatable bonds is 3. The van der Waals surface area contributed by atoms with Crippen molar-refractivity contribution >= 4 is 5.91 Å². The van der Waals surface area contributed by atoms with Crippen LogP contribution < -0.4 is 0 Å². The van der Waals surface area contributed by atoms with Gasteiger partial charge in [0.15, 0.2) is 0 Å². The Bertz CT molecular complexity index is 168. The van der Waals surface area contributed by atoms with Crippen molar-refractivity contribution in [1.82, 2.24) is 4.90 Å². The second-order valence-corrected chi connectivity index (χ2v) is 4.19. The SMILES string of the molecule is CC.CCCCC(=O)N1CCCC(C)C1. The summed E-state index contributed by atoms with van der Waals surface area (Å²) in [4.78, 5) is 13.7. The number of carbonyl (C=O) groups excluding carboxylic acids is 1. The fourth-order valence-electron chi connectivity index (χ4n) is 1.90. The molecule has 0 bridgehead atoms. The summed E-state index contributed by atoms with van der Waals surface area (Å²) < 4.78 is 0. The summed E-state index contributed by atoms with van der Waals surface area (Å²) >= 11 is 0. The van der Waals surface area contributed by atoms with Crippen LogP contribution in [0.2, 0.25) is 0 Å². The van der Waals surface area contributed by atoms with Crippen LogP contribution >= 0.6 is 0 Å². The predicted octanol–water partition coefficient (Wildman–Crippen LogP) is 3.46. The lowest BCUT2D eigenvalue weighted by Gasteiger charge is -2.31. The first-order valence-corrected chi connectivity index (χ1v) is 6.51. The van der Waals surface area contributed by atoms with E-state index < -0.39 is 0 Å². The first-order chi connectivity index (χ1) is 7.24. The van der Waals surface area contributed by atoms with E-state index in [2.05, 4.69) is 13.8 Å². The number of piperidine rings is 1. The highest BCUT2D eigenvalue weighted by Crippen LogP contribution is 2.16. The Morgan fingerprint density at radius 1 is 1.40 bits per heavy atom. The van der Waals surface area contributed by atoms with E-state index >= 15 is 0 Å². The average Bonchev–Trinajstić information content (AvgIpc) is 2.28. The van der Waals surface area contributed by atoms with Crippen LogP contribution in [0, 0.1) is 5.92 Å². The minimum atomic E-state index is 0.369. The number of carbonyl (C=O) groups is 1. The molecular formula is C13H27NO. The zero-order valence-electron chi connectivity index (χ0n) is 10.9. The van der Waals surface area contributed by atoms with Gasteiger partial charge >= 0.3 is 0 Å². The maximum absolute atomic E-state index is 11.6. The first-order valence-electron chi connectivity index (χ1n) is 6.51. The highest BCUT2D eigenvalue weighted by atomic mass is 16.2. The monoisotopic (exact) mass is 213 g/mol. The third-order valence-corrected chi connectivity index (χ3v) is 2.75. The highest BCUT2D eigenvalue weighted by molar-refractivity contribution is 5.76. The van der Waals surface area contributed by atoms with E-state index in [1.54, 1.807) is 0 Å². The lowest BCUT2D eigenvalue weighted by molar-refractivity contribution is -0.133. The minimum absolute atomic E-state index is 0.369. The number of hydrogen-bond donors (Lipinski definition) is 0. The number of unbranched alkanes of at least 4 members (excludes halogenated alkanes) is 1. The fraction of sp³-hybridized carbons (Fsp3) is 0.923. The van der Waals surface area contributed by atoms with Crippen LogP contribution in [0.1, 0.15) is 59.8 Å². The molecule has 1 rings (SSSR count). The van der Waals surface area contributed by atoms with E-state index in [-0.39, 0.29) is 0 Å². The molecule has 0 aromatic rings. The molecule has 0 aromatic heterocycles. The Hall–Kier alpha value is -0.530. The van der Waals surface area contributed by atoms with Crippen LogP contribution in [0.5, 0.6) is 0 Å². The van der Waals surface area contributed by atoms with Crippen molar-refractivity contribution in [3.63, 3.8) is 0 Å². The van der Waals surface area contributed by atoms with Crippen LogP contribution in [0.25, 0.3) is 0 Å². The average molecular weight is 213 g/mol. The molecule has 90 valence electrons. The van der Waals surface area contributed by atoms with Crippen molar-refractivity contribution < 1.29 is 4.79 Å². The molecule has 0 N–H and O–H groups in total. The van der Waals surface area contributed by atoms with Gasteiger partial charge in [-0.05, 0) is 25.2 Å². The third kappa shape index (κ3) is 5.81. The third-order valence-electron chi connectivity index (χ3n) is 2.75. The summed E-state index contributed by atoms with van der Waals surface area (Å²) in [7, 11) is 0. The lowest BCUT2D eigenvalue weighted by Crippen LogP contribution is -2.38.